The standard InChI is InChI=1S/C20H28N2O4/c1-4-14(2)20(25)21-13-18(23)22-11-9-16(10-12-22)19(24)15-5-7-17(26-3)8-6-15/h5-8,14,16H,4,9-13H2,1-3H3,(H,21,25). The maximum Gasteiger partial charge on any atom is 0.241 e. The Bertz CT molecular complexity index is 634. The molecular weight excluding hydrogens is 332 g/mol. The number of hydrogen-bond acceptors (Lipinski definition) is 4. The molecule has 0 bridgehead atoms. The van der Waals surface area contributed by atoms with Crippen LogP contribution in [-0.4, -0.2) is 49.2 Å². The van der Waals surface area contributed by atoms with E-state index in [1.54, 1.807) is 36.3 Å². The molecule has 0 aliphatic carbocycles. The summed E-state index contributed by atoms with van der Waals surface area (Å²) < 4.78 is 5.11. The van der Waals surface area contributed by atoms with Crippen molar-refractivity contribution in [3.8, 4) is 5.75 Å². The molecule has 1 saturated heterocycles. The number of benzene rings is 1. The summed E-state index contributed by atoms with van der Waals surface area (Å²) >= 11 is 0. The molecule has 0 spiro atoms. The molecule has 2 rings (SSSR count). The van der Waals surface area contributed by atoms with Crippen LogP contribution in [0.2, 0.25) is 0 Å². The van der Waals surface area contributed by atoms with Crippen molar-refractivity contribution in [3.63, 3.8) is 0 Å². The van der Waals surface area contributed by atoms with Gasteiger partial charge in [0.1, 0.15) is 5.75 Å². The Morgan fingerprint density at radius 1 is 1.19 bits per heavy atom. The average molecular weight is 360 g/mol. The molecule has 1 aliphatic rings. The monoisotopic (exact) mass is 360 g/mol. The van der Waals surface area contributed by atoms with Crippen molar-refractivity contribution in [1.29, 1.82) is 0 Å². The number of nitrogens with zero attached hydrogens (tertiary/aromatic N) is 1. The summed E-state index contributed by atoms with van der Waals surface area (Å²) in [5.74, 6) is 0.506. The summed E-state index contributed by atoms with van der Waals surface area (Å²) in [4.78, 5) is 38.3. The van der Waals surface area contributed by atoms with Crippen molar-refractivity contribution in [2.75, 3.05) is 26.7 Å². The first-order chi connectivity index (χ1) is 12.5. The van der Waals surface area contributed by atoms with Crippen molar-refractivity contribution >= 4 is 17.6 Å². The number of likely N-dealkylation sites (tertiary alicyclic amines) is 1. The highest BCUT2D eigenvalue weighted by atomic mass is 16.5. The molecule has 6 nitrogen and oxygen atoms in total. The van der Waals surface area contributed by atoms with Gasteiger partial charge < -0.3 is 15.0 Å². The van der Waals surface area contributed by atoms with Gasteiger partial charge in [-0.1, -0.05) is 13.8 Å². The molecule has 26 heavy (non-hydrogen) atoms. The first-order valence-corrected chi connectivity index (χ1v) is 9.20. The van der Waals surface area contributed by atoms with Gasteiger partial charge in [0, 0.05) is 30.5 Å². The zero-order chi connectivity index (χ0) is 19.1. The first-order valence-electron chi connectivity index (χ1n) is 9.20. The highest BCUT2D eigenvalue weighted by Gasteiger charge is 2.28. The molecule has 1 aliphatic heterocycles. The fraction of sp³-hybridized carbons (Fsp3) is 0.550. The first kappa shape index (κ1) is 19.9. The van der Waals surface area contributed by atoms with E-state index in [4.69, 9.17) is 4.74 Å². The fourth-order valence-corrected chi connectivity index (χ4v) is 3.02. The van der Waals surface area contributed by atoms with Crippen molar-refractivity contribution in [2.24, 2.45) is 11.8 Å². The molecule has 1 unspecified atom stereocenters. The quantitative estimate of drug-likeness (QED) is 0.757. The van der Waals surface area contributed by atoms with E-state index in [1.807, 2.05) is 13.8 Å². The summed E-state index contributed by atoms with van der Waals surface area (Å²) in [6.45, 7) is 4.90. The number of nitrogens with one attached hydrogen (secondary N) is 1. The molecule has 0 saturated carbocycles. The molecule has 6 heteroatoms. The summed E-state index contributed by atoms with van der Waals surface area (Å²) in [5, 5.41) is 2.69. The average Bonchev–Trinajstić information content (AvgIpc) is 2.70. The van der Waals surface area contributed by atoms with E-state index in [9.17, 15) is 14.4 Å². The molecule has 0 aromatic heterocycles. The van der Waals surface area contributed by atoms with E-state index >= 15 is 0 Å². The van der Waals surface area contributed by atoms with Crippen LogP contribution in [-0.2, 0) is 9.59 Å². The maximum atomic E-state index is 12.6. The minimum absolute atomic E-state index is 0.0280. The number of methoxy groups -OCH3 is 1. The zero-order valence-corrected chi connectivity index (χ0v) is 15.8. The number of amides is 2. The van der Waals surface area contributed by atoms with E-state index in [0.717, 1.165) is 12.2 Å². The SMILES string of the molecule is CCC(C)C(=O)NCC(=O)N1CCC(C(=O)c2ccc(OC)cc2)CC1. The number of rotatable bonds is 7. The second kappa shape index (κ2) is 9.36. The third-order valence-electron chi connectivity index (χ3n) is 5.07. The Balaban J connectivity index is 1.81. The summed E-state index contributed by atoms with van der Waals surface area (Å²) in [6, 6.07) is 7.13. The number of piperidine rings is 1. The van der Waals surface area contributed by atoms with Gasteiger partial charge in [0.05, 0.1) is 13.7 Å². The van der Waals surface area contributed by atoms with Gasteiger partial charge in [-0.05, 0) is 43.5 Å². The van der Waals surface area contributed by atoms with Gasteiger partial charge in [0.15, 0.2) is 5.78 Å². The molecule has 1 aromatic carbocycles. The van der Waals surface area contributed by atoms with Gasteiger partial charge in [0.2, 0.25) is 11.8 Å². The molecule has 1 N–H and O–H groups in total. The topological polar surface area (TPSA) is 75.7 Å². The number of carbonyl (C=O) groups excluding carboxylic acids is 3. The Morgan fingerprint density at radius 3 is 2.35 bits per heavy atom. The van der Waals surface area contributed by atoms with E-state index in [0.29, 0.717) is 31.5 Å². The Morgan fingerprint density at radius 2 is 1.81 bits per heavy atom. The smallest absolute Gasteiger partial charge is 0.241 e. The van der Waals surface area contributed by atoms with Crippen LogP contribution in [0.3, 0.4) is 0 Å². The van der Waals surface area contributed by atoms with E-state index in [2.05, 4.69) is 5.32 Å². The third-order valence-corrected chi connectivity index (χ3v) is 5.07. The van der Waals surface area contributed by atoms with Gasteiger partial charge in [0.25, 0.3) is 0 Å². The van der Waals surface area contributed by atoms with E-state index in [1.165, 1.54) is 0 Å². The molecule has 1 aromatic rings. The van der Waals surface area contributed by atoms with Gasteiger partial charge in [-0.3, -0.25) is 14.4 Å². The zero-order valence-electron chi connectivity index (χ0n) is 15.8. The van der Waals surface area contributed by atoms with Gasteiger partial charge >= 0.3 is 0 Å². The Labute approximate surface area is 154 Å². The van der Waals surface area contributed by atoms with Crippen LogP contribution in [0.1, 0.15) is 43.5 Å². The predicted octanol–water partition coefficient (Wildman–Crippen LogP) is 2.28. The highest BCUT2D eigenvalue weighted by Crippen LogP contribution is 2.23. The van der Waals surface area contributed by atoms with Crippen LogP contribution in [0.25, 0.3) is 0 Å². The van der Waals surface area contributed by atoms with Crippen molar-refractivity contribution < 1.29 is 19.1 Å². The predicted molar refractivity (Wildman–Crippen MR) is 99.1 cm³/mol. The van der Waals surface area contributed by atoms with Gasteiger partial charge in [-0.2, -0.15) is 0 Å². The lowest BCUT2D eigenvalue weighted by Gasteiger charge is -2.31. The molecule has 1 atom stereocenters. The largest absolute Gasteiger partial charge is 0.497 e. The lowest BCUT2D eigenvalue weighted by molar-refractivity contribution is -0.134. The van der Waals surface area contributed by atoms with Gasteiger partial charge in [-0.15, -0.1) is 0 Å². The molecule has 1 heterocycles. The number of hydrogen-bond donors (Lipinski definition) is 1. The van der Waals surface area contributed by atoms with Crippen LogP contribution in [0.5, 0.6) is 5.75 Å². The fourth-order valence-electron chi connectivity index (χ4n) is 3.02. The van der Waals surface area contributed by atoms with Gasteiger partial charge in [-0.25, -0.2) is 0 Å². The normalized spacial score (nSPS) is 16.0. The van der Waals surface area contributed by atoms with Crippen molar-refractivity contribution in [1.82, 2.24) is 10.2 Å². The van der Waals surface area contributed by atoms with Crippen LogP contribution in [0.4, 0.5) is 0 Å². The lowest BCUT2D eigenvalue weighted by atomic mass is 9.89. The molecule has 2 amide bonds. The summed E-state index contributed by atoms with van der Waals surface area (Å²) in [6.07, 6.45) is 2.05. The minimum atomic E-state index is -0.0922. The molecule has 0 radical (unpaired) electrons. The maximum absolute atomic E-state index is 12.6. The van der Waals surface area contributed by atoms with Crippen LogP contribution >= 0.6 is 0 Å². The lowest BCUT2D eigenvalue weighted by Crippen LogP contribution is -2.45. The highest BCUT2D eigenvalue weighted by molar-refractivity contribution is 5.98. The van der Waals surface area contributed by atoms with Crippen molar-refractivity contribution in [2.45, 2.75) is 33.1 Å². The number of ketones is 1. The Hall–Kier alpha value is -2.37. The van der Waals surface area contributed by atoms with E-state index in [-0.39, 0.29) is 36.0 Å². The molecule has 142 valence electrons. The third kappa shape index (κ3) is 5.07. The molecular formula is C20H28N2O4. The number of Topliss-reactive ketones (excluding diaryl/α,β-unsaturated/α-hetero) is 1. The van der Waals surface area contributed by atoms with Crippen LogP contribution in [0.15, 0.2) is 24.3 Å². The number of carbonyl (C=O) groups is 3. The minimum Gasteiger partial charge on any atom is -0.497 e. The summed E-state index contributed by atoms with van der Waals surface area (Å²) in [7, 11) is 1.59. The molecule has 1 fully saturated rings. The van der Waals surface area contributed by atoms with Crippen LogP contribution < -0.4 is 10.1 Å². The number of ether oxygens (including phenoxy) is 1. The van der Waals surface area contributed by atoms with E-state index < -0.39 is 0 Å². The Kier molecular flexibility index (Phi) is 7.18. The second-order valence-corrected chi connectivity index (χ2v) is 6.77. The second-order valence-electron chi connectivity index (χ2n) is 6.77. The van der Waals surface area contributed by atoms with Crippen molar-refractivity contribution in [3.05, 3.63) is 29.8 Å². The summed E-state index contributed by atoms with van der Waals surface area (Å²) in [5.41, 5.74) is 0.677. The van der Waals surface area contributed by atoms with Crippen LogP contribution in [0, 0.1) is 11.8 Å².